The number of hydrogen-bond acceptors (Lipinski definition) is 4. The van der Waals surface area contributed by atoms with Crippen LogP contribution in [0.4, 0.5) is 5.13 Å². The number of anilines is 1. The van der Waals surface area contributed by atoms with Gasteiger partial charge in [-0.2, -0.15) is 0 Å². The molecule has 1 aliphatic rings. The smallest absolute Gasteiger partial charge is 0.271 e. The van der Waals surface area contributed by atoms with E-state index >= 15 is 0 Å². The van der Waals surface area contributed by atoms with E-state index in [2.05, 4.69) is 15.6 Å². The predicted molar refractivity (Wildman–Crippen MR) is 95.6 cm³/mol. The molecule has 1 heterocycles. The number of nitrogens with zero attached hydrogens (tertiary/aromatic N) is 1. The Morgan fingerprint density at radius 2 is 1.88 bits per heavy atom. The maximum atomic E-state index is 12.3. The first kappa shape index (κ1) is 16.6. The second-order valence-electron chi connectivity index (χ2n) is 6.12. The molecular weight excluding hydrogens is 322 g/mol. The van der Waals surface area contributed by atoms with Gasteiger partial charge in [-0.05, 0) is 31.4 Å². The molecule has 0 atom stereocenters. The SMILES string of the molecule is Cc1ccccc1C(=O)Nc1nc(C(=O)NC2CCCCC2)cs1. The lowest BCUT2D eigenvalue weighted by atomic mass is 9.95. The first-order chi connectivity index (χ1) is 11.6. The van der Waals surface area contributed by atoms with E-state index in [4.69, 9.17) is 0 Å². The highest BCUT2D eigenvalue weighted by atomic mass is 32.1. The summed E-state index contributed by atoms with van der Waals surface area (Å²) in [6, 6.07) is 7.63. The number of hydrogen-bond donors (Lipinski definition) is 2. The van der Waals surface area contributed by atoms with Crippen LogP contribution in [0.5, 0.6) is 0 Å². The van der Waals surface area contributed by atoms with Gasteiger partial charge in [-0.15, -0.1) is 11.3 Å². The number of amides is 2. The Morgan fingerprint density at radius 3 is 2.62 bits per heavy atom. The molecule has 3 rings (SSSR count). The monoisotopic (exact) mass is 343 g/mol. The highest BCUT2D eigenvalue weighted by Gasteiger charge is 2.19. The van der Waals surface area contributed by atoms with Gasteiger partial charge in [0.05, 0.1) is 0 Å². The largest absolute Gasteiger partial charge is 0.348 e. The maximum Gasteiger partial charge on any atom is 0.271 e. The standard InChI is InChI=1S/C18H21N3O2S/c1-12-7-5-6-10-14(12)16(22)21-18-20-15(11-24-18)17(23)19-13-8-3-2-4-9-13/h5-7,10-11,13H,2-4,8-9H2,1H3,(H,19,23)(H,20,21,22). The molecule has 2 amide bonds. The summed E-state index contributed by atoms with van der Waals surface area (Å²) in [7, 11) is 0. The summed E-state index contributed by atoms with van der Waals surface area (Å²) >= 11 is 1.26. The van der Waals surface area contributed by atoms with Crippen LogP contribution >= 0.6 is 11.3 Å². The molecule has 24 heavy (non-hydrogen) atoms. The summed E-state index contributed by atoms with van der Waals surface area (Å²) < 4.78 is 0. The summed E-state index contributed by atoms with van der Waals surface area (Å²) in [6.45, 7) is 1.89. The van der Waals surface area contributed by atoms with Gasteiger partial charge in [-0.1, -0.05) is 37.5 Å². The Morgan fingerprint density at radius 1 is 1.12 bits per heavy atom. The zero-order valence-corrected chi connectivity index (χ0v) is 14.5. The van der Waals surface area contributed by atoms with E-state index in [0.717, 1.165) is 18.4 Å². The average Bonchev–Trinajstić information content (AvgIpc) is 3.05. The van der Waals surface area contributed by atoms with Crippen molar-refractivity contribution in [2.45, 2.75) is 45.1 Å². The number of aryl methyl sites for hydroxylation is 1. The van der Waals surface area contributed by atoms with Crippen LogP contribution in [0.3, 0.4) is 0 Å². The van der Waals surface area contributed by atoms with Crippen molar-refractivity contribution in [3.8, 4) is 0 Å². The molecule has 0 spiro atoms. The van der Waals surface area contributed by atoms with Gasteiger partial charge in [0.2, 0.25) is 0 Å². The van der Waals surface area contributed by atoms with Crippen molar-refractivity contribution in [2.24, 2.45) is 0 Å². The van der Waals surface area contributed by atoms with Crippen LogP contribution in [0, 0.1) is 6.92 Å². The molecule has 126 valence electrons. The number of carbonyl (C=O) groups excluding carboxylic acids is 2. The fourth-order valence-electron chi connectivity index (χ4n) is 2.93. The molecule has 2 N–H and O–H groups in total. The van der Waals surface area contributed by atoms with Crippen LogP contribution in [0.2, 0.25) is 0 Å². The van der Waals surface area contributed by atoms with Crippen molar-refractivity contribution in [3.63, 3.8) is 0 Å². The average molecular weight is 343 g/mol. The molecule has 1 aliphatic carbocycles. The highest BCUT2D eigenvalue weighted by molar-refractivity contribution is 7.14. The Labute approximate surface area is 145 Å². The van der Waals surface area contributed by atoms with E-state index in [9.17, 15) is 9.59 Å². The predicted octanol–water partition coefficient (Wildman–Crippen LogP) is 3.77. The topological polar surface area (TPSA) is 71.1 Å². The van der Waals surface area contributed by atoms with E-state index in [0.29, 0.717) is 16.4 Å². The molecule has 1 aromatic heterocycles. The van der Waals surface area contributed by atoms with Gasteiger partial charge in [0.1, 0.15) is 5.69 Å². The van der Waals surface area contributed by atoms with Crippen molar-refractivity contribution in [1.29, 1.82) is 0 Å². The van der Waals surface area contributed by atoms with Gasteiger partial charge in [-0.3, -0.25) is 14.9 Å². The van der Waals surface area contributed by atoms with Gasteiger partial charge in [0.25, 0.3) is 11.8 Å². The number of carbonyl (C=O) groups is 2. The molecule has 0 radical (unpaired) electrons. The molecule has 6 heteroatoms. The quantitative estimate of drug-likeness (QED) is 0.888. The van der Waals surface area contributed by atoms with Gasteiger partial charge in [0.15, 0.2) is 5.13 Å². The summed E-state index contributed by atoms with van der Waals surface area (Å²) in [5.74, 6) is -0.365. The molecular formula is C18H21N3O2S. The minimum Gasteiger partial charge on any atom is -0.348 e. The molecule has 0 aliphatic heterocycles. The van der Waals surface area contributed by atoms with Gasteiger partial charge >= 0.3 is 0 Å². The van der Waals surface area contributed by atoms with Crippen LogP contribution in [0.15, 0.2) is 29.6 Å². The first-order valence-electron chi connectivity index (χ1n) is 8.27. The molecule has 2 aromatic rings. The fraction of sp³-hybridized carbons (Fsp3) is 0.389. The van der Waals surface area contributed by atoms with E-state index in [-0.39, 0.29) is 17.9 Å². The fourth-order valence-corrected chi connectivity index (χ4v) is 3.62. The van der Waals surface area contributed by atoms with Crippen molar-refractivity contribution in [2.75, 3.05) is 5.32 Å². The number of aromatic nitrogens is 1. The summed E-state index contributed by atoms with van der Waals surface area (Å²) in [4.78, 5) is 28.8. The zero-order chi connectivity index (χ0) is 16.9. The second-order valence-corrected chi connectivity index (χ2v) is 6.97. The number of benzene rings is 1. The lowest BCUT2D eigenvalue weighted by Gasteiger charge is -2.22. The Hall–Kier alpha value is -2.21. The van der Waals surface area contributed by atoms with E-state index in [1.165, 1.54) is 30.6 Å². The van der Waals surface area contributed by atoms with Gasteiger partial charge < -0.3 is 5.32 Å². The highest BCUT2D eigenvalue weighted by Crippen LogP contribution is 2.20. The minimum absolute atomic E-state index is 0.158. The number of thiazole rings is 1. The molecule has 1 saturated carbocycles. The van der Waals surface area contributed by atoms with Crippen LogP contribution in [0.1, 0.15) is 58.5 Å². The van der Waals surface area contributed by atoms with Crippen molar-refractivity contribution >= 4 is 28.3 Å². The molecule has 1 fully saturated rings. The third-order valence-electron chi connectivity index (χ3n) is 4.29. The lowest BCUT2D eigenvalue weighted by molar-refractivity contribution is 0.0922. The molecule has 1 aromatic carbocycles. The van der Waals surface area contributed by atoms with Crippen LogP contribution in [-0.4, -0.2) is 22.8 Å². The lowest BCUT2D eigenvalue weighted by Crippen LogP contribution is -2.36. The number of nitrogens with one attached hydrogen (secondary N) is 2. The van der Waals surface area contributed by atoms with Crippen molar-refractivity contribution < 1.29 is 9.59 Å². The van der Waals surface area contributed by atoms with Crippen molar-refractivity contribution in [1.82, 2.24) is 10.3 Å². The Bertz CT molecular complexity index is 735. The normalized spacial score (nSPS) is 15.0. The molecule has 0 saturated heterocycles. The minimum atomic E-state index is -0.207. The van der Waals surface area contributed by atoms with E-state index in [1.54, 1.807) is 11.4 Å². The van der Waals surface area contributed by atoms with Crippen LogP contribution in [0.25, 0.3) is 0 Å². The van der Waals surface area contributed by atoms with E-state index < -0.39 is 0 Å². The first-order valence-corrected chi connectivity index (χ1v) is 9.15. The third kappa shape index (κ3) is 4.00. The van der Waals surface area contributed by atoms with E-state index in [1.807, 2.05) is 25.1 Å². The molecule has 0 bridgehead atoms. The summed E-state index contributed by atoms with van der Waals surface area (Å²) in [6.07, 6.45) is 5.65. The summed E-state index contributed by atoms with van der Waals surface area (Å²) in [5, 5.41) is 7.93. The maximum absolute atomic E-state index is 12.3. The third-order valence-corrected chi connectivity index (χ3v) is 5.05. The Balaban J connectivity index is 1.61. The van der Waals surface area contributed by atoms with Crippen LogP contribution in [-0.2, 0) is 0 Å². The van der Waals surface area contributed by atoms with Crippen LogP contribution < -0.4 is 10.6 Å². The zero-order valence-electron chi connectivity index (χ0n) is 13.7. The van der Waals surface area contributed by atoms with Gasteiger partial charge in [0, 0.05) is 17.0 Å². The summed E-state index contributed by atoms with van der Waals surface area (Å²) in [5.41, 5.74) is 1.88. The second kappa shape index (κ2) is 7.57. The molecule has 5 nitrogen and oxygen atoms in total. The number of rotatable bonds is 4. The molecule has 0 unspecified atom stereocenters. The Kier molecular flexibility index (Phi) is 5.25. The van der Waals surface area contributed by atoms with Gasteiger partial charge in [-0.25, -0.2) is 4.98 Å². The van der Waals surface area contributed by atoms with Crippen molar-refractivity contribution in [3.05, 3.63) is 46.5 Å².